The molecule has 22 heavy (non-hydrogen) atoms. The van der Waals surface area contributed by atoms with Gasteiger partial charge in [0.1, 0.15) is 24.2 Å². The SMILES string of the molecule is CCOC1CON=C1c1cc(Br)ccc1O[C@@H](CC)C(=O)O. The van der Waals surface area contributed by atoms with Crippen LogP contribution in [0.3, 0.4) is 0 Å². The molecule has 0 aromatic heterocycles. The lowest BCUT2D eigenvalue weighted by Crippen LogP contribution is -2.29. The van der Waals surface area contributed by atoms with Gasteiger partial charge in [0.25, 0.3) is 0 Å². The maximum absolute atomic E-state index is 11.2. The van der Waals surface area contributed by atoms with Gasteiger partial charge in [-0.25, -0.2) is 4.79 Å². The third-order valence-electron chi connectivity index (χ3n) is 3.19. The van der Waals surface area contributed by atoms with E-state index in [2.05, 4.69) is 21.1 Å². The molecule has 120 valence electrons. The molecule has 2 atom stereocenters. The van der Waals surface area contributed by atoms with E-state index in [-0.39, 0.29) is 6.10 Å². The van der Waals surface area contributed by atoms with Crippen molar-refractivity contribution in [2.75, 3.05) is 13.2 Å². The molecule has 1 aliphatic rings. The van der Waals surface area contributed by atoms with Gasteiger partial charge in [0.2, 0.25) is 0 Å². The lowest BCUT2D eigenvalue weighted by atomic mass is 10.0. The third kappa shape index (κ3) is 3.78. The molecule has 7 heteroatoms. The number of halogens is 1. The van der Waals surface area contributed by atoms with Gasteiger partial charge in [0.05, 0.1) is 0 Å². The summed E-state index contributed by atoms with van der Waals surface area (Å²) in [4.78, 5) is 16.3. The Morgan fingerprint density at radius 3 is 2.95 bits per heavy atom. The van der Waals surface area contributed by atoms with Crippen LogP contribution >= 0.6 is 15.9 Å². The van der Waals surface area contributed by atoms with Crippen LogP contribution in [0.5, 0.6) is 5.75 Å². The van der Waals surface area contributed by atoms with Crippen molar-refractivity contribution in [3.05, 3.63) is 28.2 Å². The molecular formula is C15H18BrNO5. The van der Waals surface area contributed by atoms with Crippen molar-refractivity contribution in [2.45, 2.75) is 32.5 Å². The highest BCUT2D eigenvalue weighted by Crippen LogP contribution is 2.28. The van der Waals surface area contributed by atoms with Crippen LogP contribution < -0.4 is 4.74 Å². The van der Waals surface area contributed by atoms with Crippen molar-refractivity contribution >= 4 is 27.6 Å². The summed E-state index contributed by atoms with van der Waals surface area (Å²) in [6, 6.07) is 5.33. The van der Waals surface area contributed by atoms with Crippen LogP contribution in [0.4, 0.5) is 0 Å². The molecule has 0 radical (unpaired) electrons. The number of oxime groups is 1. The van der Waals surface area contributed by atoms with Gasteiger partial charge >= 0.3 is 5.97 Å². The highest BCUT2D eigenvalue weighted by atomic mass is 79.9. The highest BCUT2D eigenvalue weighted by molar-refractivity contribution is 9.10. The molecule has 2 rings (SSSR count). The Morgan fingerprint density at radius 2 is 2.32 bits per heavy atom. The standard InChI is InChI=1S/C15H18BrNO5/c1-3-11(15(18)19)22-12-6-5-9(16)7-10(12)14-13(20-4-2)8-21-17-14/h5-7,11,13H,3-4,8H2,1-2H3,(H,18,19)/t11-,13?/m0/s1. The van der Waals surface area contributed by atoms with Crippen molar-refractivity contribution in [2.24, 2.45) is 5.16 Å². The average molecular weight is 372 g/mol. The zero-order chi connectivity index (χ0) is 16.1. The first-order chi connectivity index (χ1) is 10.6. The van der Waals surface area contributed by atoms with E-state index in [1.165, 1.54) is 0 Å². The summed E-state index contributed by atoms with van der Waals surface area (Å²) in [5.41, 5.74) is 1.28. The molecule has 1 aliphatic heterocycles. The molecule has 0 amide bonds. The van der Waals surface area contributed by atoms with E-state index in [9.17, 15) is 4.79 Å². The summed E-state index contributed by atoms with van der Waals surface area (Å²) >= 11 is 3.41. The summed E-state index contributed by atoms with van der Waals surface area (Å²) in [6.07, 6.45) is -0.831. The van der Waals surface area contributed by atoms with Gasteiger partial charge in [-0.2, -0.15) is 0 Å². The van der Waals surface area contributed by atoms with Crippen LogP contribution in [0.1, 0.15) is 25.8 Å². The first-order valence-corrected chi connectivity index (χ1v) is 7.86. The van der Waals surface area contributed by atoms with E-state index in [4.69, 9.17) is 19.4 Å². The summed E-state index contributed by atoms with van der Waals surface area (Å²) < 4.78 is 12.1. The Bertz CT molecular complexity index is 575. The van der Waals surface area contributed by atoms with Gasteiger partial charge in [-0.05, 0) is 31.5 Å². The van der Waals surface area contributed by atoms with Crippen molar-refractivity contribution in [3.8, 4) is 5.75 Å². The lowest BCUT2D eigenvalue weighted by molar-refractivity contribution is -0.145. The molecule has 1 aromatic rings. The van der Waals surface area contributed by atoms with Crippen molar-refractivity contribution < 1.29 is 24.2 Å². The van der Waals surface area contributed by atoms with Crippen LogP contribution in [0, 0.1) is 0 Å². The van der Waals surface area contributed by atoms with Gasteiger partial charge in [0, 0.05) is 16.6 Å². The second-order valence-corrected chi connectivity index (χ2v) is 5.63. The molecule has 1 heterocycles. The first-order valence-electron chi connectivity index (χ1n) is 7.07. The van der Waals surface area contributed by atoms with Gasteiger partial charge in [-0.15, -0.1) is 0 Å². The van der Waals surface area contributed by atoms with E-state index in [0.29, 0.717) is 36.7 Å². The third-order valence-corrected chi connectivity index (χ3v) is 3.69. The predicted octanol–water partition coefficient (Wildman–Crippen LogP) is 2.83. The number of carboxylic acids is 1. The second kappa shape index (κ2) is 7.60. The molecular weight excluding hydrogens is 354 g/mol. The lowest BCUT2D eigenvalue weighted by Gasteiger charge is -2.18. The number of ether oxygens (including phenoxy) is 2. The minimum atomic E-state index is -0.998. The number of aliphatic carboxylic acids is 1. The van der Waals surface area contributed by atoms with Crippen molar-refractivity contribution in [1.82, 2.24) is 0 Å². The Balaban J connectivity index is 2.34. The molecule has 0 aliphatic carbocycles. The summed E-state index contributed by atoms with van der Waals surface area (Å²) in [5, 5.41) is 13.2. The number of carbonyl (C=O) groups is 1. The zero-order valence-electron chi connectivity index (χ0n) is 12.4. The maximum atomic E-state index is 11.2. The largest absolute Gasteiger partial charge is 0.479 e. The molecule has 1 aromatic carbocycles. The highest BCUT2D eigenvalue weighted by Gasteiger charge is 2.29. The Labute approximate surface area is 137 Å². The number of hydrogen-bond acceptors (Lipinski definition) is 5. The number of benzene rings is 1. The molecule has 0 saturated carbocycles. The van der Waals surface area contributed by atoms with Gasteiger partial charge < -0.3 is 19.4 Å². The summed E-state index contributed by atoms with van der Waals surface area (Å²) in [6.45, 7) is 4.53. The van der Waals surface area contributed by atoms with E-state index in [1.807, 2.05) is 13.0 Å². The number of carboxylic acid groups (broad SMARTS) is 1. The number of hydrogen-bond donors (Lipinski definition) is 1. The van der Waals surface area contributed by atoms with E-state index >= 15 is 0 Å². The minimum Gasteiger partial charge on any atom is -0.479 e. The molecule has 0 fully saturated rings. The van der Waals surface area contributed by atoms with Crippen LogP contribution in [0.25, 0.3) is 0 Å². The zero-order valence-corrected chi connectivity index (χ0v) is 14.0. The molecule has 1 unspecified atom stereocenters. The smallest absolute Gasteiger partial charge is 0.344 e. The van der Waals surface area contributed by atoms with Crippen LogP contribution in [-0.4, -0.2) is 42.2 Å². The molecule has 0 saturated heterocycles. The Hall–Kier alpha value is -1.60. The van der Waals surface area contributed by atoms with Gasteiger partial charge in [0.15, 0.2) is 6.10 Å². The fraction of sp³-hybridized carbons (Fsp3) is 0.467. The Morgan fingerprint density at radius 1 is 1.55 bits per heavy atom. The predicted molar refractivity (Wildman–Crippen MR) is 84.4 cm³/mol. The number of rotatable bonds is 7. The van der Waals surface area contributed by atoms with E-state index < -0.39 is 12.1 Å². The summed E-state index contributed by atoms with van der Waals surface area (Å²) in [5.74, 6) is -0.547. The minimum absolute atomic E-state index is 0.286. The second-order valence-electron chi connectivity index (χ2n) is 4.71. The average Bonchev–Trinajstić information content (AvgIpc) is 2.94. The summed E-state index contributed by atoms with van der Waals surface area (Å²) in [7, 11) is 0. The van der Waals surface area contributed by atoms with Gasteiger partial charge in [-0.3, -0.25) is 0 Å². The molecule has 6 nitrogen and oxygen atoms in total. The monoisotopic (exact) mass is 371 g/mol. The fourth-order valence-corrected chi connectivity index (χ4v) is 2.49. The molecule has 1 N–H and O–H groups in total. The van der Waals surface area contributed by atoms with Crippen LogP contribution in [-0.2, 0) is 14.4 Å². The fourth-order valence-electron chi connectivity index (χ4n) is 2.13. The van der Waals surface area contributed by atoms with Crippen LogP contribution in [0.2, 0.25) is 0 Å². The van der Waals surface area contributed by atoms with Crippen LogP contribution in [0.15, 0.2) is 27.8 Å². The van der Waals surface area contributed by atoms with E-state index in [1.54, 1.807) is 19.1 Å². The maximum Gasteiger partial charge on any atom is 0.344 e. The molecule has 0 bridgehead atoms. The van der Waals surface area contributed by atoms with E-state index in [0.717, 1.165) is 4.47 Å². The quantitative estimate of drug-likeness (QED) is 0.797. The topological polar surface area (TPSA) is 77.3 Å². The number of nitrogens with zero attached hydrogens (tertiary/aromatic N) is 1. The first kappa shape index (κ1) is 16.8. The van der Waals surface area contributed by atoms with Gasteiger partial charge in [-0.1, -0.05) is 28.0 Å². The molecule has 0 spiro atoms. The van der Waals surface area contributed by atoms with Crippen molar-refractivity contribution in [3.63, 3.8) is 0 Å². The van der Waals surface area contributed by atoms with Crippen molar-refractivity contribution in [1.29, 1.82) is 0 Å². The normalized spacial score (nSPS) is 18.5. The Kier molecular flexibility index (Phi) is 5.79.